The van der Waals surface area contributed by atoms with Crippen molar-refractivity contribution in [2.24, 2.45) is 0 Å². The molecule has 10 heteroatoms. The Balaban J connectivity index is 1.51. The van der Waals surface area contributed by atoms with Gasteiger partial charge in [0.1, 0.15) is 22.7 Å². The summed E-state index contributed by atoms with van der Waals surface area (Å²) in [5.74, 6) is -0.500. The van der Waals surface area contributed by atoms with Crippen LogP contribution in [0.15, 0.2) is 73.8 Å². The third-order valence-corrected chi connectivity index (χ3v) is 9.84. The van der Waals surface area contributed by atoms with Crippen LogP contribution < -0.4 is 10.6 Å². The lowest BCUT2D eigenvalue weighted by Gasteiger charge is -2.32. The lowest BCUT2D eigenvalue weighted by atomic mass is 10.0. The maximum atomic E-state index is 13.5. The smallest absolute Gasteiger partial charge is 0.236 e. The van der Waals surface area contributed by atoms with Gasteiger partial charge in [-0.25, -0.2) is 0 Å². The molecule has 8 nitrogen and oxygen atoms in total. The third kappa shape index (κ3) is 6.64. The van der Waals surface area contributed by atoms with E-state index in [0.29, 0.717) is 24.3 Å². The van der Waals surface area contributed by atoms with E-state index in [2.05, 4.69) is 23.8 Å². The van der Waals surface area contributed by atoms with E-state index in [1.54, 1.807) is 12.2 Å². The third-order valence-electron chi connectivity index (χ3n) is 7.28. The Morgan fingerprint density at radius 3 is 1.52 bits per heavy atom. The first-order valence-electron chi connectivity index (χ1n) is 13.2. The minimum absolute atomic E-state index is 0.313. The zero-order chi connectivity index (χ0) is 28.8. The average Bonchev–Trinajstić information content (AvgIpc) is 3.43. The minimum atomic E-state index is -1.62. The fraction of sp³-hybridized carbons (Fsp3) is 0.400. The van der Waals surface area contributed by atoms with Crippen molar-refractivity contribution in [2.75, 3.05) is 11.5 Å². The first-order valence-corrected chi connectivity index (χ1v) is 15.3. The van der Waals surface area contributed by atoms with E-state index >= 15 is 0 Å². The monoisotopic (exact) mass is 584 g/mol. The van der Waals surface area contributed by atoms with Crippen LogP contribution in [0.25, 0.3) is 0 Å². The van der Waals surface area contributed by atoms with Crippen molar-refractivity contribution in [3.63, 3.8) is 0 Å². The van der Waals surface area contributed by atoms with Gasteiger partial charge in [-0.2, -0.15) is 0 Å². The Morgan fingerprint density at radius 2 is 1.15 bits per heavy atom. The molecule has 0 bridgehead atoms. The number of aliphatic hydroxyl groups excluding tert-OH is 4. The van der Waals surface area contributed by atoms with E-state index in [0.717, 1.165) is 45.8 Å². The second-order valence-electron chi connectivity index (χ2n) is 9.98. The van der Waals surface area contributed by atoms with Gasteiger partial charge >= 0.3 is 0 Å². The van der Waals surface area contributed by atoms with Crippen LogP contribution in [0.5, 0.6) is 0 Å². The van der Waals surface area contributed by atoms with Crippen LogP contribution in [0, 0.1) is 0 Å². The summed E-state index contributed by atoms with van der Waals surface area (Å²) in [5.41, 5.74) is 3.48. The van der Waals surface area contributed by atoms with Crippen LogP contribution in [-0.2, 0) is 22.4 Å². The molecule has 2 aromatic carbocycles. The number of fused-ring (bicyclic) bond motifs is 2. The molecule has 8 atom stereocenters. The van der Waals surface area contributed by atoms with Crippen LogP contribution in [0.1, 0.15) is 34.3 Å². The molecule has 214 valence electrons. The number of rotatable bonds is 13. The Morgan fingerprint density at radius 1 is 0.775 bits per heavy atom. The first-order chi connectivity index (χ1) is 19.3. The van der Waals surface area contributed by atoms with Crippen molar-refractivity contribution in [3.05, 3.63) is 96.1 Å². The van der Waals surface area contributed by atoms with Crippen molar-refractivity contribution in [1.82, 2.24) is 10.6 Å². The molecule has 0 radical (unpaired) electrons. The first kappa shape index (κ1) is 30.4. The van der Waals surface area contributed by atoms with Crippen LogP contribution in [0.4, 0.5) is 0 Å². The molecule has 4 rings (SSSR count). The number of hydrogen-bond acceptors (Lipinski definition) is 8. The van der Waals surface area contributed by atoms with Crippen molar-refractivity contribution in [3.8, 4) is 0 Å². The number of amides is 2. The Kier molecular flexibility index (Phi) is 10.5. The molecule has 6 N–H and O–H groups in total. The van der Waals surface area contributed by atoms with Crippen molar-refractivity contribution in [1.29, 1.82) is 0 Å². The summed E-state index contributed by atoms with van der Waals surface area (Å²) in [6, 6.07) is 13.6. The summed E-state index contributed by atoms with van der Waals surface area (Å²) in [4.78, 5) is 26.9. The minimum Gasteiger partial charge on any atom is -0.390 e. The van der Waals surface area contributed by atoms with Crippen molar-refractivity contribution in [2.45, 2.75) is 59.8 Å². The Labute approximate surface area is 243 Å². The molecule has 2 aliphatic rings. The predicted octanol–water partition coefficient (Wildman–Crippen LogP) is 1.83. The molecule has 40 heavy (non-hydrogen) atoms. The molecular formula is C30H36N2O6S2. The Bertz CT molecular complexity index is 1130. The quantitative estimate of drug-likeness (QED) is 0.196. The molecule has 1 unspecified atom stereocenters. The summed E-state index contributed by atoms with van der Waals surface area (Å²) < 4.78 is 0. The van der Waals surface area contributed by atoms with E-state index in [-0.39, 0.29) is 0 Å². The molecule has 2 amide bonds. The fourth-order valence-electron chi connectivity index (χ4n) is 5.33. The van der Waals surface area contributed by atoms with Gasteiger partial charge in [0.25, 0.3) is 0 Å². The van der Waals surface area contributed by atoms with Gasteiger partial charge in [-0.15, -0.1) is 36.7 Å². The molecule has 0 aliphatic heterocycles. The van der Waals surface area contributed by atoms with E-state index < -0.39 is 58.8 Å². The molecular weight excluding hydrogens is 548 g/mol. The topological polar surface area (TPSA) is 139 Å². The number of thioether (sulfide) groups is 2. The van der Waals surface area contributed by atoms with Crippen LogP contribution >= 0.6 is 23.5 Å². The van der Waals surface area contributed by atoms with Gasteiger partial charge in [-0.05, 0) is 22.3 Å². The van der Waals surface area contributed by atoms with E-state index in [1.165, 1.54) is 0 Å². The number of benzene rings is 2. The van der Waals surface area contributed by atoms with Crippen LogP contribution in [0.2, 0.25) is 0 Å². The van der Waals surface area contributed by atoms with Gasteiger partial charge in [0.05, 0.1) is 24.3 Å². The van der Waals surface area contributed by atoms with Gasteiger partial charge in [0.2, 0.25) is 11.8 Å². The predicted molar refractivity (Wildman–Crippen MR) is 159 cm³/mol. The summed E-state index contributed by atoms with van der Waals surface area (Å²) in [6.45, 7) is 7.38. The van der Waals surface area contributed by atoms with E-state index in [4.69, 9.17) is 0 Å². The lowest BCUT2D eigenvalue weighted by Crippen LogP contribution is -2.54. The maximum absolute atomic E-state index is 13.5. The summed E-state index contributed by atoms with van der Waals surface area (Å²) in [5, 5.41) is 47.2. The van der Waals surface area contributed by atoms with Gasteiger partial charge in [0.15, 0.2) is 0 Å². The molecule has 0 fully saturated rings. The molecule has 0 spiro atoms. The highest BCUT2D eigenvalue weighted by Gasteiger charge is 2.43. The van der Waals surface area contributed by atoms with Crippen molar-refractivity contribution >= 4 is 35.3 Å². The van der Waals surface area contributed by atoms with Crippen LogP contribution in [0.3, 0.4) is 0 Å². The number of hydrogen-bond donors (Lipinski definition) is 6. The van der Waals surface area contributed by atoms with Gasteiger partial charge < -0.3 is 31.1 Å². The second kappa shape index (κ2) is 13.8. The number of carbonyl (C=O) groups is 2. The fourth-order valence-corrected chi connectivity index (χ4v) is 7.17. The molecule has 0 saturated heterocycles. The standard InChI is InChI=1S/C30H36N2O6S2/c1-3-13-39-27(29(37)31-23-19-11-7-5-9-17(19)15-21(23)33)25(35)26(36)28(40-14-4-2)30(38)32-24-20-12-8-6-10-18(20)16-22(24)34/h3-12,21-28,33-36H,1-2,13-16H2,(H,31,37)(H,32,38)/t21-,22-,23+,24?,25-,26-,27-,28-/m1/s1. The number of nitrogens with one attached hydrogen (secondary N) is 2. The van der Waals surface area contributed by atoms with Crippen LogP contribution in [-0.4, -0.2) is 78.7 Å². The molecule has 2 aliphatic carbocycles. The summed E-state index contributed by atoms with van der Waals surface area (Å²) in [7, 11) is 0. The molecule has 0 heterocycles. The average molecular weight is 585 g/mol. The highest BCUT2D eigenvalue weighted by molar-refractivity contribution is 8.01. The number of carbonyl (C=O) groups excluding carboxylic acids is 2. The second-order valence-corrected chi connectivity index (χ2v) is 12.3. The number of aliphatic hydroxyl groups is 4. The van der Waals surface area contributed by atoms with Gasteiger partial charge in [-0.3, -0.25) is 9.59 Å². The molecule has 0 aromatic heterocycles. The van der Waals surface area contributed by atoms with E-state index in [9.17, 15) is 30.0 Å². The maximum Gasteiger partial charge on any atom is 0.236 e. The zero-order valence-electron chi connectivity index (χ0n) is 22.1. The summed E-state index contributed by atoms with van der Waals surface area (Å²) >= 11 is 2.17. The lowest BCUT2D eigenvalue weighted by molar-refractivity contribution is -0.129. The Hall–Kier alpha value is -2.60. The van der Waals surface area contributed by atoms with Gasteiger partial charge in [-0.1, -0.05) is 60.7 Å². The molecule has 0 saturated carbocycles. The zero-order valence-corrected chi connectivity index (χ0v) is 23.7. The largest absolute Gasteiger partial charge is 0.390 e. The van der Waals surface area contributed by atoms with E-state index in [1.807, 2.05) is 48.5 Å². The van der Waals surface area contributed by atoms with Gasteiger partial charge in [0, 0.05) is 24.3 Å². The summed E-state index contributed by atoms with van der Waals surface area (Å²) in [6.07, 6.45) is -0.925. The SMILES string of the molecule is C=CCS[C@@H](C(=O)NC1c2ccccc2C[C@H]1O)[C@H](O)[C@@H](O)[C@@H](SCC=C)C(=O)N[C@H]1c2ccccc2C[C@H]1O. The highest BCUT2D eigenvalue weighted by atomic mass is 32.2. The highest BCUT2D eigenvalue weighted by Crippen LogP contribution is 2.34. The molecule has 2 aromatic rings. The normalized spacial score (nSPS) is 24.2. The van der Waals surface area contributed by atoms with Crippen molar-refractivity contribution < 1.29 is 30.0 Å².